The zero-order valence-electron chi connectivity index (χ0n) is 11.4. The van der Waals surface area contributed by atoms with Gasteiger partial charge < -0.3 is 4.74 Å². The Labute approximate surface area is 122 Å². The van der Waals surface area contributed by atoms with Gasteiger partial charge in [-0.25, -0.2) is 5.84 Å². The lowest BCUT2D eigenvalue weighted by Crippen LogP contribution is -2.15. The fraction of sp³-hybridized carbons (Fsp3) is 0.308. The quantitative estimate of drug-likeness (QED) is 0.479. The molecule has 20 heavy (non-hydrogen) atoms. The molecule has 0 aliphatic rings. The minimum atomic E-state index is -0.00463. The van der Waals surface area contributed by atoms with E-state index in [2.05, 4.69) is 32.5 Å². The molecule has 2 rings (SSSR count). The van der Waals surface area contributed by atoms with Gasteiger partial charge in [-0.2, -0.15) is 15.0 Å². The van der Waals surface area contributed by atoms with E-state index < -0.39 is 0 Å². The Balaban J connectivity index is 2.10. The molecule has 7 heteroatoms. The average Bonchev–Trinajstić information content (AvgIpc) is 2.45. The van der Waals surface area contributed by atoms with E-state index in [9.17, 15) is 0 Å². The Hall–Kier alpha value is -1.86. The van der Waals surface area contributed by atoms with E-state index in [1.54, 1.807) is 0 Å². The predicted molar refractivity (Wildman–Crippen MR) is 79.4 cm³/mol. The first-order chi connectivity index (χ1) is 9.67. The van der Waals surface area contributed by atoms with Crippen LogP contribution in [0, 0.1) is 0 Å². The van der Waals surface area contributed by atoms with Gasteiger partial charge in [0.05, 0.1) is 6.10 Å². The number of nitrogens with zero attached hydrogens (tertiary/aromatic N) is 3. The largest absolute Gasteiger partial charge is 0.461 e. The first kappa shape index (κ1) is 14.5. The molecule has 0 amide bonds. The molecular weight excluding hydrogens is 274 g/mol. The zero-order chi connectivity index (χ0) is 14.4. The summed E-state index contributed by atoms with van der Waals surface area (Å²) < 4.78 is 5.48. The van der Waals surface area contributed by atoms with Crippen LogP contribution in [0.3, 0.4) is 0 Å². The van der Waals surface area contributed by atoms with Gasteiger partial charge in [-0.1, -0.05) is 42.1 Å². The van der Waals surface area contributed by atoms with Gasteiger partial charge in [0.15, 0.2) is 5.16 Å². The number of aromatic nitrogens is 3. The number of hydrazine groups is 1. The smallest absolute Gasteiger partial charge is 0.322 e. The molecule has 0 spiro atoms. The number of nitrogens with two attached hydrogens (primary N) is 1. The molecule has 106 valence electrons. The average molecular weight is 291 g/mol. The Morgan fingerprint density at radius 3 is 2.60 bits per heavy atom. The highest BCUT2D eigenvalue weighted by Gasteiger charge is 2.09. The third-order valence-electron chi connectivity index (χ3n) is 2.28. The maximum absolute atomic E-state index is 5.48. The monoisotopic (exact) mass is 291 g/mol. The summed E-state index contributed by atoms with van der Waals surface area (Å²) in [6.07, 6.45) is -0.00463. The van der Waals surface area contributed by atoms with Gasteiger partial charge in [-0.05, 0) is 19.4 Å². The van der Waals surface area contributed by atoms with Crippen molar-refractivity contribution in [2.45, 2.75) is 30.9 Å². The Morgan fingerprint density at radius 2 is 1.95 bits per heavy atom. The van der Waals surface area contributed by atoms with Crippen LogP contribution in [0.25, 0.3) is 0 Å². The van der Waals surface area contributed by atoms with E-state index in [-0.39, 0.29) is 12.1 Å². The Bertz CT molecular complexity index is 550. The van der Waals surface area contributed by atoms with Crippen molar-refractivity contribution in [3.8, 4) is 6.01 Å². The SMILES string of the molecule is CC(C)Oc1nc(NN)nc(SCc2ccccc2)n1. The van der Waals surface area contributed by atoms with Gasteiger partial charge in [-0.15, -0.1) is 0 Å². The van der Waals surface area contributed by atoms with E-state index in [0.717, 1.165) is 5.75 Å². The molecule has 1 aromatic carbocycles. The minimum Gasteiger partial charge on any atom is -0.461 e. The molecule has 0 bridgehead atoms. The van der Waals surface area contributed by atoms with Gasteiger partial charge in [-0.3, -0.25) is 5.43 Å². The Kier molecular flexibility index (Phi) is 5.14. The molecule has 0 unspecified atom stereocenters. The second kappa shape index (κ2) is 7.06. The summed E-state index contributed by atoms with van der Waals surface area (Å²) in [4.78, 5) is 12.5. The summed E-state index contributed by atoms with van der Waals surface area (Å²) in [6.45, 7) is 3.83. The number of ether oxygens (including phenoxy) is 1. The number of thioether (sulfide) groups is 1. The lowest BCUT2D eigenvalue weighted by molar-refractivity contribution is 0.219. The summed E-state index contributed by atoms with van der Waals surface area (Å²) in [7, 11) is 0. The maximum atomic E-state index is 5.48. The van der Waals surface area contributed by atoms with Gasteiger partial charge in [0, 0.05) is 5.75 Å². The van der Waals surface area contributed by atoms with Crippen LogP contribution in [-0.2, 0) is 5.75 Å². The Morgan fingerprint density at radius 1 is 1.20 bits per heavy atom. The number of nitrogen functional groups attached to an aromatic ring is 1. The first-order valence-electron chi connectivity index (χ1n) is 6.23. The van der Waals surface area contributed by atoms with Crippen molar-refractivity contribution in [2.24, 2.45) is 5.84 Å². The van der Waals surface area contributed by atoms with Crippen LogP contribution in [0.2, 0.25) is 0 Å². The summed E-state index contributed by atoms with van der Waals surface area (Å²) in [5.74, 6) is 6.43. The molecule has 0 saturated carbocycles. The molecule has 1 heterocycles. The second-order valence-electron chi connectivity index (χ2n) is 4.31. The summed E-state index contributed by atoms with van der Waals surface area (Å²) in [5.41, 5.74) is 3.62. The van der Waals surface area contributed by atoms with Crippen LogP contribution in [-0.4, -0.2) is 21.1 Å². The number of anilines is 1. The highest BCUT2D eigenvalue weighted by atomic mass is 32.2. The van der Waals surface area contributed by atoms with E-state index in [1.807, 2.05) is 32.0 Å². The van der Waals surface area contributed by atoms with Gasteiger partial charge in [0.2, 0.25) is 5.95 Å². The second-order valence-corrected chi connectivity index (χ2v) is 5.25. The van der Waals surface area contributed by atoms with Crippen LogP contribution >= 0.6 is 11.8 Å². The van der Waals surface area contributed by atoms with Crippen LogP contribution in [0.4, 0.5) is 5.95 Å². The first-order valence-corrected chi connectivity index (χ1v) is 7.22. The highest BCUT2D eigenvalue weighted by Crippen LogP contribution is 2.21. The molecule has 0 saturated heterocycles. The van der Waals surface area contributed by atoms with Crippen molar-refractivity contribution in [1.82, 2.24) is 15.0 Å². The van der Waals surface area contributed by atoms with Gasteiger partial charge in [0.25, 0.3) is 0 Å². The molecule has 0 radical (unpaired) electrons. The van der Waals surface area contributed by atoms with Crippen LogP contribution in [0.5, 0.6) is 6.01 Å². The predicted octanol–water partition coefficient (Wildman–Crippen LogP) is 2.24. The number of hydrogen-bond donors (Lipinski definition) is 2. The highest BCUT2D eigenvalue weighted by molar-refractivity contribution is 7.98. The van der Waals surface area contributed by atoms with Crippen molar-refractivity contribution in [2.75, 3.05) is 5.43 Å². The number of benzene rings is 1. The van der Waals surface area contributed by atoms with E-state index in [0.29, 0.717) is 11.1 Å². The standard InChI is InChI=1S/C13H17N5OS/c1-9(2)19-12-15-11(18-14)16-13(17-12)20-8-10-6-4-3-5-7-10/h3-7,9H,8,14H2,1-2H3,(H,15,16,17,18). The molecule has 2 aromatic rings. The fourth-order valence-corrected chi connectivity index (χ4v) is 2.23. The fourth-order valence-electron chi connectivity index (χ4n) is 1.45. The van der Waals surface area contributed by atoms with Crippen molar-refractivity contribution in [1.29, 1.82) is 0 Å². The topological polar surface area (TPSA) is 86.0 Å². The molecule has 1 aromatic heterocycles. The van der Waals surface area contributed by atoms with Crippen molar-refractivity contribution < 1.29 is 4.74 Å². The number of rotatable bonds is 6. The van der Waals surface area contributed by atoms with E-state index in [4.69, 9.17) is 10.6 Å². The molecular formula is C13H17N5OS. The molecule has 0 aliphatic heterocycles. The van der Waals surface area contributed by atoms with Gasteiger partial charge >= 0.3 is 6.01 Å². The minimum absolute atomic E-state index is 0.00463. The van der Waals surface area contributed by atoms with Crippen molar-refractivity contribution in [3.63, 3.8) is 0 Å². The normalized spacial score (nSPS) is 10.6. The zero-order valence-corrected chi connectivity index (χ0v) is 12.2. The summed E-state index contributed by atoms with van der Waals surface area (Å²) in [6, 6.07) is 10.4. The van der Waals surface area contributed by atoms with Crippen molar-refractivity contribution >= 4 is 17.7 Å². The third kappa shape index (κ3) is 4.36. The van der Waals surface area contributed by atoms with Crippen molar-refractivity contribution in [3.05, 3.63) is 35.9 Å². The molecule has 0 aliphatic carbocycles. The maximum Gasteiger partial charge on any atom is 0.322 e. The van der Waals surface area contributed by atoms with Crippen LogP contribution in [0.15, 0.2) is 35.5 Å². The third-order valence-corrected chi connectivity index (χ3v) is 3.19. The van der Waals surface area contributed by atoms with Crippen LogP contribution in [0.1, 0.15) is 19.4 Å². The summed E-state index contributed by atoms with van der Waals surface area (Å²) >= 11 is 1.51. The lowest BCUT2D eigenvalue weighted by atomic mass is 10.2. The number of hydrogen-bond acceptors (Lipinski definition) is 7. The van der Waals surface area contributed by atoms with E-state index >= 15 is 0 Å². The molecule has 0 atom stereocenters. The molecule has 6 nitrogen and oxygen atoms in total. The van der Waals surface area contributed by atoms with E-state index in [1.165, 1.54) is 17.3 Å². The number of nitrogens with one attached hydrogen (secondary N) is 1. The molecule has 3 N–H and O–H groups in total. The summed E-state index contributed by atoms with van der Waals surface area (Å²) in [5, 5.41) is 0.576. The lowest BCUT2D eigenvalue weighted by Gasteiger charge is -2.09. The molecule has 0 fully saturated rings. The van der Waals surface area contributed by atoms with Gasteiger partial charge in [0.1, 0.15) is 0 Å². The van der Waals surface area contributed by atoms with Crippen LogP contribution < -0.4 is 16.0 Å².